The van der Waals surface area contributed by atoms with Crippen LogP contribution in [0.5, 0.6) is 11.5 Å². The van der Waals surface area contributed by atoms with Crippen molar-refractivity contribution in [3.05, 3.63) is 23.8 Å². The van der Waals surface area contributed by atoms with Crippen LogP contribution in [0.4, 0.5) is 0 Å². The van der Waals surface area contributed by atoms with E-state index in [1.807, 2.05) is 18.2 Å². The van der Waals surface area contributed by atoms with E-state index in [0.717, 1.165) is 5.56 Å². The third-order valence-corrected chi connectivity index (χ3v) is 14.6. The van der Waals surface area contributed by atoms with Crippen LogP contribution in [-0.4, -0.2) is 29.7 Å². The topological polar surface area (TPSA) is 44.8 Å². The van der Waals surface area contributed by atoms with Gasteiger partial charge < -0.3 is 13.6 Å². The van der Waals surface area contributed by atoms with Gasteiger partial charge in [-0.05, 0) is 54.0 Å². The lowest BCUT2D eigenvalue weighted by Gasteiger charge is -2.37. The van der Waals surface area contributed by atoms with Crippen molar-refractivity contribution in [3.63, 3.8) is 0 Å². The lowest BCUT2D eigenvalue weighted by Crippen LogP contribution is -2.44. The molecule has 0 saturated carbocycles. The van der Waals surface area contributed by atoms with Crippen LogP contribution in [0.15, 0.2) is 18.2 Å². The van der Waals surface area contributed by atoms with Crippen molar-refractivity contribution in [2.75, 3.05) is 7.11 Å². The fraction of sp³-hybridized carbons (Fsp3) is 0.667. The van der Waals surface area contributed by atoms with Gasteiger partial charge in [0.15, 0.2) is 5.75 Å². The Morgan fingerprint density at radius 3 is 1.85 bits per heavy atom. The zero-order chi connectivity index (χ0) is 21.3. The van der Waals surface area contributed by atoms with Gasteiger partial charge in [-0.1, -0.05) is 47.6 Å². The van der Waals surface area contributed by atoms with Crippen molar-refractivity contribution in [1.29, 1.82) is 0 Å². The fourth-order valence-electron chi connectivity index (χ4n) is 1.98. The minimum atomic E-state index is -2.11. The van der Waals surface area contributed by atoms with Gasteiger partial charge in [-0.25, -0.2) is 0 Å². The van der Waals surface area contributed by atoms with Gasteiger partial charge in [0.1, 0.15) is 5.75 Å². The largest absolute Gasteiger partial charge is 0.541 e. The Morgan fingerprint density at radius 1 is 0.889 bits per heavy atom. The molecule has 0 aliphatic carbocycles. The smallest absolute Gasteiger partial charge is 0.296 e. The summed E-state index contributed by atoms with van der Waals surface area (Å²) in [5, 5.41) is 0.0778. The second-order valence-electron chi connectivity index (χ2n) is 10.3. The maximum absolute atomic E-state index is 12.5. The maximum atomic E-state index is 12.5. The molecule has 0 bridgehead atoms. The van der Waals surface area contributed by atoms with E-state index >= 15 is 0 Å². The zero-order valence-corrected chi connectivity index (χ0v) is 21.1. The van der Waals surface area contributed by atoms with Crippen LogP contribution in [0, 0.1) is 0 Å². The molecule has 1 rings (SSSR count). The standard InChI is InChI=1S/C21H38O4Si2/c1-20(2,3)26(8,9)24-18-14-16(12-13-17(18)23-7)15-19(22)25-27(10,11)21(4,5)6/h12-14H,15H2,1-11H3. The summed E-state index contributed by atoms with van der Waals surface area (Å²) in [6.07, 6.45) is 0.240. The lowest BCUT2D eigenvalue weighted by atomic mass is 10.1. The molecule has 154 valence electrons. The Balaban J connectivity index is 3.04. The van der Waals surface area contributed by atoms with E-state index in [4.69, 9.17) is 13.6 Å². The number of hydrogen-bond acceptors (Lipinski definition) is 4. The Kier molecular flexibility index (Phi) is 7.03. The van der Waals surface area contributed by atoms with Crippen molar-refractivity contribution in [3.8, 4) is 11.5 Å². The van der Waals surface area contributed by atoms with Crippen LogP contribution in [0.2, 0.25) is 36.3 Å². The van der Waals surface area contributed by atoms with Gasteiger partial charge in [0.05, 0.1) is 13.5 Å². The molecule has 1 aromatic rings. The average molecular weight is 411 g/mol. The van der Waals surface area contributed by atoms with Crippen molar-refractivity contribution in [2.45, 2.75) is 84.2 Å². The zero-order valence-electron chi connectivity index (χ0n) is 19.1. The quantitative estimate of drug-likeness (QED) is 0.526. The molecular weight excluding hydrogens is 372 g/mol. The highest BCUT2D eigenvalue weighted by atomic mass is 28.4. The van der Waals surface area contributed by atoms with Gasteiger partial charge in [-0.3, -0.25) is 4.79 Å². The molecule has 0 unspecified atom stereocenters. The highest BCUT2D eigenvalue weighted by Gasteiger charge is 2.41. The van der Waals surface area contributed by atoms with E-state index in [-0.39, 0.29) is 22.5 Å². The first-order valence-corrected chi connectivity index (χ1v) is 15.4. The number of hydrogen-bond donors (Lipinski definition) is 0. The van der Waals surface area contributed by atoms with E-state index in [2.05, 4.69) is 67.7 Å². The number of rotatable bonds is 6. The third-order valence-electron chi connectivity index (χ3n) is 5.92. The molecule has 0 heterocycles. The summed E-state index contributed by atoms with van der Waals surface area (Å²) in [5.41, 5.74) is 0.883. The molecule has 0 spiro atoms. The summed E-state index contributed by atoms with van der Waals surface area (Å²) in [6, 6.07) is 5.70. The molecule has 0 aromatic heterocycles. The number of methoxy groups -OCH3 is 1. The summed E-state index contributed by atoms with van der Waals surface area (Å²) in [7, 11) is -2.49. The molecule has 0 atom stereocenters. The molecule has 27 heavy (non-hydrogen) atoms. The van der Waals surface area contributed by atoms with Crippen LogP contribution in [0.25, 0.3) is 0 Å². The third kappa shape index (κ3) is 6.11. The van der Waals surface area contributed by atoms with Crippen molar-refractivity contribution >= 4 is 22.6 Å². The molecule has 6 heteroatoms. The summed E-state index contributed by atoms with van der Waals surface area (Å²) < 4.78 is 17.8. The van der Waals surface area contributed by atoms with E-state index in [0.29, 0.717) is 11.5 Å². The van der Waals surface area contributed by atoms with E-state index in [9.17, 15) is 4.79 Å². The molecule has 1 aromatic carbocycles. The van der Waals surface area contributed by atoms with Gasteiger partial charge in [-0.2, -0.15) is 0 Å². The Bertz CT molecular complexity index is 668. The summed E-state index contributed by atoms with van der Waals surface area (Å²) in [4.78, 5) is 12.5. The molecule has 0 saturated heterocycles. The number of carbonyl (C=O) groups is 1. The molecular formula is C21H38O4Si2. The fourth-order valence-corrected chi connectivity index (χ4v) is 3.94. The van der Waals surface area contributed by atoms with Gasteiger partial charge in [0.25, 0.3) is 22.6 Å². The average Bonchev–Trinajstić information content (AvgIpc) is 2.44. The van der Waals surface area contributed by atoms with Crippen LogP contribution >= 0.6 is 0 Å². The van der Waals surface area contributed by atoms with Gasteiger partial charge in [-0.15, -0.1) is 0 Å². The number of benzene rings is 1. The van der Waals surface area contributed by atoms with E-state index < -0.39 is 16.6 Å². The SMILES string of the molecule is COc1ccc(CC(=O)O[Si](C)(C)C(C)(C)C)cc1O[Si](C)(C)C(C)(C)C. The minimum absolute atomic E-state index is 0.000821. The maximum Gasteiger partial charge on any atom is 0.296 e. The second-order valence-corrected chi connectivity index (χ2v) is 19.7. The van der Waals surface area contributed by atoms with E-state index in [1.165, 1.54) is 0 Å². The Morgan fingerprint density at radius 2 is 1.41 bits per heavy atom. The highest BCUT2D eigenvalue weighted by molar-refractivity contribution is 6.75. The lowest BCUT2D eigenvalue weighted by molar-refractivity contribution is -0.134. The summed E-state index contributed by atoms with van der Waals surface area (Å²) in [5.74, 6) is 1.23. The normalized spacial score (nSPS) is 13.3. The molecule has 0 amide bonds. The summed E-state index contributed by atoms with van der Waals surface area (Å²) >= 11 is 0. The molecule has 0 radical (unpaired) electrons. The molecule has 0 aliphatic rings. The Labute approximate surface area is 167 Å². The minimum Gasteiger partial charge on any atom is -0.541 e. The van der Waals surface area contributed by atoms with Crippen LogP contribution in [0.1, 0.15) is 47.1 Å². The molecule has 0 fully saturated rings. The summed E-state index contributed by atoms with van der Waals surface area (Å²) in [6.45, 7) is 21.6. The molecule has 0 N–H and O–H groups in total. The van der Waals surface area contributed by atoms with E-state index in [1.54, 1.807) is 7.11 Å². The van der Waals surface area contributed by atoms with Crippen LogP contribution in [-0.2, 0) is 15.6 Å². The first-order valence-electron chi connectivity index (χ1n) is 9.58. The second kappa shape index (κ2) is 7.99. The van der Waals surface area contributed by atoms with Crippen molar-refractivity contribution < 1.29 is 18.4 Å². The van der Waals surface area contributed by atoms with Crippen LogP contribution in [0.3, 0.4) is 0 Å². The van der Waals surface area contributed by atoms with Crippen molar-refractivity contribution in [2.24, 2.45) is 0 Å². The predicted octanol–water partition coefficient (Wildman–Crippen LogP) is 6.17. The van der Waals surface area contributed by atoms with Gasteiger partial charge >= 0.3 is 0 Å². The number of carbonyl (C=O) groups excluding carboxylic acids is 1. The van der Waals surface area contributed by atoms with Crippen LogP contribution < -0.4 is 9.16 Å². The predicted molar refractivity (Wildman–Crippen MR) is 118 cm³/mol. The van der Waals surface area contributed by atoms with Gasteiger partial charge in [0.2, 0.25) is 0 Å². The number of ether oxygens (including phenoxy) is 1. The molecule has 4 nitrogen and oxygen atoms in total. The molecule has 0 aliphatic heterocycles. The van der Waals surface area contributed by atoms with Crippen molar-refractivity contribution in [1.82, 2.24) is 0 Å². The Hall–Kier alpha value is -1.28. The first-order chi connectivity index (χ1) is 12.0. The highest BCUT2D eigenvalue weighted by Crippen LogP contribution is 2.40. The van der Waals surface area contributed by atoms with Gasteiger partial charge in [0, 0.05) is 0 Å². The first kappa shape index (κ1) is 23.8. The monoisotopic (exact) mass is 410 g/mol.